The standard InChI is InChI=1S/C10H15F3N2O3/c11-10(12,13)9(17)18-6-8(16)15-5-7-2-1-3-14-4-7/h7,14H,1-6H2,(H,15,16). The topological polar surface area (TPSA) is 67.4 Å². The van der Waals surface area contributed by atoms with E-state index in [4.69, 9.17) is 0 Å². The number of esters is 1. The van der Waals surface area contributed by atoms with E-state index >= 15 is 0 Å². The van der Waals surface area contributed by atoms with Crippen molar-refractivity contribution in [3.63, 3.8) is 0 Å². The van der Waals surface area contributed by atoms with Crippen molar-refractivity contribution in [1.29, 1.82) is 0 Å². The smallest absolute Gasteiger partial charge is 0.449 e. The summed E-state index contributed by atoms with van der Waals surface area (Å²) >= 11 is 0. The van der Waals surface area contributed by atoms with Gasteiger partial charge in [-0.05, 0) is 31.8 Å². The molecule has 1 aliphatic rings. The minimum Gasteiger partial charge on any atom is -0.449 e. The molecule has 0 aromatic carbocycles. The van der Waals surface area contributed by atoms with Crippen LogP contribution in [0.2, 0.25) is 0 Å². The Morgan fingerprint density at radius 2 is 2.11 bits per heavy atom. The fourth-order valence-corrected chi connectivity index (χ4v) is 1.62. The number of hydrogen-bond acceptors (Lipinski definition) is 4. The zero-order valence-electron chi connectivity index (χ0n) is 9.68. The number of halogens is 3. The van der Waals surface area contributed by atoms with Crippen molar-refractivity contribution in [2.24, 2.45) is 5.92 Å². The maximum atomic E-state index is 11.8. The Morgan fingerprint density at radius 3 is 2.67 bits per heavy atom. The molecule has 0 radical (unpaired) electrons. The second kappa shape index (κ2) is 6.58. The number of ether oxygens (including phenoxy) is 1. The van der Waals surface area contributed by atoms with Gasteiger partial charge in [0.25, 0.3) is 5.91 Å². The number of alkyl halides is 3. The molecule has 1 atom stereocenters. The average Bonchev–Trinajstić information content (AvgIpc) is 2.33. The van der Waals surface area contributed by atoms with E-state index in [1.54, 1.807) is 0 Å². The Morgan fingerprint density at radius 1 is 1.39 bits per heavy atom. The second-order valence-electron chi connectivity index (χ2n) is 4.09. The maximum Gasteiger partial charge on any atom is 0.490 e. The highest BCUT2D eigenvalue weighted by Crippen LogP contribution is 2.16. The van der Waals surface area contributed by atoms with Gasteiger partial charge in [-0.25, -0.2) is 4.79 Å². The van der Waals surface area contributed by atoms with Crippen LogP contribution in [0, 0.1) is 5.92 Å². The van der Waals surface area contributed by atoms with Crippen LogP contribution < -0.4 is 10.6 Å². The first kappa shape index (κ1) is 14.7. The summed E-state index contributed by atoms with van der Waals surface area (Å²) in [7, 11) is 0. The molecule has 1 heterocycles. The van der Waals surface area contributed by atoms with Gasteiger partial charge in [0.15, 0.2) is 6.61 Å². The lowest BCUT2D eigenvalue weighted by Crippen LogP contribution is -2.40. The van der Waals surface area contributed by atoms with Crippen LogP contribution in [-0.2, 0) is 14.3 Å². The first-order valence-corrected chi connectivity index (χ1v) is 5.61. The Bertz CT molecular complexity index is 301. The molecule has 1 aliphatic heterocycles. The third-order valence-corrected chi connectivity index (χ3v) is 2.55. The molecule has 1 amide bonds. The monoisotopic (exact) mass is 268 g/mol. The molecule has 0 bridgehead atoms. The van der Waals surface area contributed by atoms with E-state index in [1.807, 2.05) is 0 Å². The van der Waals surface area contributed by atoms with Crippen LogP contribution in [0.3, 0.4) is 0 Å². The van der Waals surface area contributed by atoms with Gasteiger partial charge < -0.3 is 15.4 Å². The van der Waals surface area contributed by atoms with Crippen LogP contribution in [-0.4, -0.2) is 44.3 Å². The SMILES string of the molecule is O=C(COC(=O)C(F)(F)F)NCC1CCCNC1. The van der Waals surface area contributed by atoms with Gasteiger partial charge in [-0.2, -0.15) is 13.2 Å². The number of carbonyl (C=O) groups is 2. The number of piperidine rings is 1. The third kappa shape index (κ3) is 5.35. The van der Waals surface area contributed by atoms with Crippen LogP contribution in [0.4, 0.5) is 13.2 Å². The largest absolute Gasteiger partial charge is 0.490 e. The Hall–Kier alpha value is -1.31. The lowest BCUT2D eigenvalue weighted by molar-refractivity contribution is -0.200. The van der Waals surface area contributed by atoms with E-state index in [1.165, 1.54) is 0 Å². The molecule has 0 spiro atoms. The molecule has 104 valence electrons. The van der Waals surface area contributed by atoms with Gasteiger partial charge in [-0.3, -0.25) is 4.79 Å². The quantitative estimate of drug-likeness (QED) is 0.715. The molecule has 1 unspecified atom stereocenters. The van der Waals surface area contributed by atoms with E-state index in [9.17, 15) is 22.8 Å². The fraction of sp³-hybridized carbons (Fsp3) is 0.800. The highest BCUT2D eigenvalue weighted by molar-refractivity contribution is 5.82. The molecular formula is C10H15F3N2O3. The molecule has 0 saturated carbocycles. The Labute approximate surface area is 102 Å². The minimum atomic E-state index is -5.06. The first-order chi connectivity index (χ1) is 8.39. The van der Waals surface area contributed by atoms with Crippen molar-refractivity contribution in [1.82, 2.24) is 10.6 Å². The average molecular weight is 268 g/mol. The van der Waals surface area contributed by atoms with Crippen LogP contribution in [0.5, 0.6) is 0 Å². The number of carbonyl (C=O) groups excluding carboxylic acids is 2. The van der Waals surface area contributed by atoms with Gasteiger partial charge in [0, 0.05) is 6.54 Å². The van der Waals surface area contributed by atoms with E-state index < -0.39 is 24.7 Å². The van der Waals surface area contributed by atoms with Gasteiger partial charge >= 0.3 is 12.1 Å². The van der Waals surface area contributed by atoms with Crippen molar-refractivity contribution < 1.29 is 27.5 Å². The van der Waals surface area contributed by atoms with Crippen molar-refractivity contribution in [3.05, 3.63) is 0 Å². The zero-order valence-corrected chi connectivity index (χ0v) is 9.68. The summed E-state index contributed by atoms with van der Waals surface area (Å²) in [4.78, 5) is 21.5. The van der Waals surface area contributed by atoms with Gasteiger partial charge in [0.05, 0.1) is 0 Å². The molecule has 18 heavy (non-hydrogen) atoms. The second-order valence-corrected chi connectivity index (χ2v) is 4.09. The molecule has 0 aromatic heterocycles. The summed E-state index contributed by atoms with van der Waals surface area (Å²) in [6, 6.07) is 0. The third-order valence-electron chi connectivity index (χ3n) is 2.55. The normalized spacial score (nSPS) is 20.3. The summed E-state index contributed by atoms with van der Waals surface area (Å²) in [5.74, 6) is -2.81. The van der Waals surface area contributed by atoms with E-state index in [0.717, 1.165) is 25.9 Å². The van der Waals surface area contributed by atoms with Crippen LogP contribution in [0.15, 0.2) is 0 Å². The lowest BCUT2D eigenvalue weighted by atomic mass is 10.00. The van der Waals surface area contributed by atoms with E-state index in [-0.39, 0.29) is 5.92 Å². The lowest BCUT2D eigenvalue weighted by Gasteiger charge is -2.22. The summed E-state index contributed by atoms with van der Waals surface area (Å²) < 4.78 is 39.1. The zero-order chi connectivity index (χ0) is 13.6. The summed E-state index contributed by atoms with van der Waals surface area (Å²) in [6.07, 6.45) is -3.10. The highest BCUT2D eigenvalue weighted by atomic mass is 19.4. The maximum absolute atomic E-state index is 11.8. The van der Waals surface area contributed by atoms with Crippen molar-refractivity contribution in [3.8, 4) is 0 Å². The predicted octanol–water partition coefficient (Wildman–Crippen LogP) is 0.208. The van der Waals surface area contributed by atoms with E-state index in [0.29, 0.717) is 6.54 Å². The first-order valence-electron chi connectivity index (χ1n) is 5.61. The molecule has 0 aromatic rings. The Balaban J connectivity index is 2.15. The van der Waals surface area contributed by atoms with Crippen molar-refractivity contribution in [2.45, 2.75) is 19.0 Å². The predicted molar refractivity (Wildman–Crippen MR) is 55.6 cm³/mol. The highest BCUT2D eigenvalue weighted by Gasteiger charge is 2.41. The Kier molecular flexibility index (Phi) is 5.39. The van der Waals surface area contributed by atoms with Gasteiger partial charge in [-0.1, -0.05) is 0 Å². The summed E-state index contributed by atoms with van der Waals surface area (Å²) in [6.45, 7) is 1.17. The number of amides is 1. The number of hydrogen-bond donors (Lipinski definition) is 2. The van der Waals surface area contributed by atoms with Crippen LogP contribution in [0.1, 0.15) is 12.8 Å². The molecule has 5 nitrogen and oxygen atoms in total. The molecule has 1 fully saturated rings. The molecule has 1 rings (SSSR count). The number of nitrogens with one attached hydrogen (secondary N) is 2. The minimum absolute atomic E-state index is 0.265. The number of rotatable bonds is 4. The van der Waals surface area contributed by atoms with Gasteiger partial charge in [0.1, 0.15) is 0 Å². The molecule has 1 saturated heterocycles. The van der Waals surface area contributed by atoms with Gasteiger partial charge in [-0.15, -0.1) is 0 Å². The van der Waals surface area contributed by atoms with Gasteiger partial charge in [0.2, 0.25) is 0 Å². The molecular weight excluding hydrogens is 253 g/mol. The summed E-state index contributed by atoms with van der Waals surface area (Å²) in [5.41, 5.74) is 0. The molecule has 0 aliphatic carbocycles. The van der Waals surface area contributed by atoms with Crippen LogP contribution >= 0.6 is 0 Å². The molecule has 2 N–H and O–H groups in total. The molecule has 8 heteroatoms. The van der Waals surface area contributed by atoms with Crippen molar-refractivity contribution in [2.75, 3.05) is 26.2 Å². The van der Waals surface area contributed by atoms with E-state index in [2.05, 4.69) is 15.4 Å². The fourth-order valence-electron chi connectivity index (χ4n) is 1.62. The summed E-state index contributed by atoms with van der Waals surface area (Å²) in [5, 5.41) is 5.58. The van der Waals surface area contributed by atoms with Crippen molar-refractivity contribution >= 4 is 11.9 Å². The van der Waals surface area contributed by atoms with Crippen LogP contribution in [0.25, 0.3) is 0 Å².